The molecule has 32 heavy (non-hydrogen) atoms. The Labute approximate surface area is 191 Å². The van der Waals surface area contributed by atoms with Gasteiger partial charge in [-0.2, -0.15) is 0 Å². The van der Waals surface area contributed by atoms with Gasteiger partial charge in [-0.1, -0.05) is 19.3 Å². The summed E-state index contributed by atoms with van der Waals surface area (Å²) in [4.78, 5) is 49.6. The lowest BCUT2D eigenvalue weighted by Gasteiger charge is -2.38. The summed E-state index contributed by atoms with van der Waals surface area (Å²) in [5, 5.41) is 8.27. The SMILES string of the molecule is COC(=O)C(C)(C)NC(=O)CC1(CNC(=O)C(C)(C)NC(=O)OC(C)(C)C)CCCCC1. The third-order valence-electron chi connectivity index (χ3n) is 5.60. The quantitative estimate of drug-likeness (QED) is 0.484. The molecule has 9 nitrogen and oxygen atoms in total. The van der Waals surface area contributed by atoms with Crippen molar-refractivity contribution in [3.8, 4) is 0 Å². The normalized spacial score (nSPS) is 16.5. The van der Waals surface area contributed by atoms with Crippen molar-refractivity contribution in [2.24, 2.45) is 5.41 Å². The smallest absolute Gasteiger partial charge is 0.408 e. The van der Waals surface area contributed by atoms with Crippen LogP contribution in [0.2, 0.25) is 0 Å². The van der Waals surface area contributed by atoms with E-state index in [0.29, 0.717) is 6.54 Å². The molecule has 0 unspecified atom stereocenters. The average Bonchev–Trinajstić information content (AvgIpc) is 2.63. The largest absolute Gasteiger partial charge is 0.467 e. The van der Waals surface area contributed by atoms with Crippen LogP contribution in [-0.4, -0.2) is 54.2 Å². The van der Waals surface area contributed by atoms with Gasteiger partial charge in [0.1, 0.15) is 16.7 Å². The van der Waals surface area contributed by atoms with Gasteiger partial charge < -0.3 is 25.4 Å². The molecule has 1 aliphatic carbocycles. The Balaban J connectivity index is 2.80. The first-order valence-corrected chi connectivity index (χ1v) is 11.2. The van der Waals surface area contributed by atoms with E-state index < -0.39 is 34.2 Å². The summed E-state index contributed by atoms with van der Waals surface area (Å²) in [7, 11) is 1.28. The number of amides is 3. The van der Waals surface area contributed by atoms with Crippen LogP contribution in [0.5, 0.6) is 0 Å². The molecule has 1 rings (SSSR count). The van der Waals surface area contributed by atoms with Crippen molar-refractivity contribution in [3.63, 3.8) is 0 Å². The molecule has 1 aliphatic rings. The Bertz CT molecular complexity index is 703. The average molecular weight is 456 g/mol. The van der Waals surface area contributed by atoms with Crippen molar-refractivity contribution in [3.05, 3.63) is 0 Å². The molecule has 0 spiro atoms. The molecule has 3 N–H and O–H groups in total. The van der Waals surface area contributed by atoms with Gasteiger partial charge in [0.25, 0.3) is 0 Å². The van der Waals surface area contributed by atoms with Crippen LogP contribution in [0, 0.1) is 5.41 Å². The minimum Gasteiger partial charge on any atom is -0.467 e. The number of esters is 1. The lowest BCUT2D eigenvalue weighted by molar-refractivity contribution is -0.149. The van der Waals surface area contributed by atoms with Gasteiger partial charge in [-0.15, -0.1) is 0 Å². The summed E-state index contributed by atoms with van der Waals surface area (Å²) in [6.07, 6.45) is 4.10. The lowest BCUT2D eigenvalue weighted by Crippen LogP contribution is -2.57. The van der Waals surface area contributed by atoms with Crippen LogP contribution < -0.4 is 16.0 Å². The van der Waals surface area contributed by atoms with Crippen molar-refractivity contribution in [2.45, 2.75) is 104 Å². The zero-order valence-electron chi connectivity index (χ0n) is 20.9. The molecule has 0 aliphatic heterocycles. The zero-order valence-corrected chi connectivity index (χ0v) is 20.9. The van der Waals surface area contributed by atoms with Crippen molar-refractivity contribution in [1.82, 2.24) is 16.0 Å². The summed E-state index contributed by atoms with van der Waals surface area (Å²) in [5.41, 5.74) is -3.40. The Morgan fingerprint density at radius 1 is 0.844 bits per heavy atom. The molecule has 0 bridgehead atoms. The lowest BCUT2D eigenvalue weighted by atomic mass is 9.71. The van der Waals surface area contributed by atoms with E-state index in [1.54, 1.807) is 48.5 Å². The van der Waals surface area contributed by atoms with Gasteiger partial charge in [-0.05, 0) is 66.7 Å². The summed E-state index contributed by atoms with van der Waals surface area (Å²) >= 11 is 0. The van der Waals surface area contributed by atoms with E-state index >= 15 is 0 Å². The number of ether oxygens (including phenoxy) is 2. The Morgan fingerprint density at radius 2 is 1.41 bits per heavy atom. The highest BCUT2D eigenvalue weighted by Gasteiger charge is 2.39. The first-order valence-electron chi connectivity index (χ1n) is 11.2. The van der Waals surface area contributed by atoms with Crippen LogP contribution in [0.25, 0.3) is 0 Å². The number of hydrogen-bond donors (Lipinski definition) is 3. The molecule has 0 heterocycles. The number of alkyl carbamates (subject to hydrolysis) is 1. The van der Waals surface area contributed by atoms with E-state index in [4.69, 9.17) is 9.47 Å². The van der Waals surface area contributed by atoms with E-state index in [9.17, 15) is 19.2 Å². The second-order valence-electron chi connectivity index (χ2n) is 10.8. The van der Waals surface area contributed by atoms with Crippen LogP contribution >= 0.6 is 0 Å². The zero-order chi connectivity index (χ0) is 24.8. The van der Waals surface area contributed by atoms with E-state index in [2.05, 4.69) is 16.0 Å². The third-order valence-corrected chi connectivity index (χ3v) is 5.60. The molecule has 9 heteroatoms. The molecule has 0 radical (unpaired) electrons. The van der Waals surface area contributed by atoms with Gasteiger partial charge in [-0.3, -0.25) is 9.59 Å². The predicted octanol–water partition coefficient (Wildman–Crippen LogP) is 2.81. The highest BCUT2D eigenvalue weighted by atomic mass is 16.6. The molecule has 3 amide bonds. The first-order chi connectivity index (χ1) is 14.5. The fourth-order valence-electron chi connectivity index (χ4n) is 3.86. The number of rotatable bonds is 8. The van der Waals surface area contributed by atoms with Crippen LogP contribution in [0.4, 0.5) is 4.79 Å². The van der Waals surface area contributed by atoms with Gasteiger partial charge >= 0.3 is 12.1 Å². The molecule has 0 aromatic heterocycles. The summed E-state index contributed by atoms with van der Waals surface area (Å²) < 4.78 is 10.00. The molecule has 0 aromatic rings. The van der Waals surface area contributed by atoms with Crippen LogP contribution in [0.15, 0.2) is 0 Å². The molecule has 0 aromatic carbocycles. The molecule has 184 valence electrons. The van der Waals surface area contributed by atoms with Gasteiger partial charge in [-0.25, -0.2) is 9.59 Å². The number of methoxy groups -OCH3 is 1. The topological polar surface area (TPSA) is 123 Å². The molecule has 1 fully saturated rings. The van der Waals surface area contributed by atoms with Gasteiger partial charge in [0.05, 0.1) is 7.11 Å². The van der Waals surface area contributed by atoms with Crippen molar-refractivity contribution in [2.75, 3.05) is 13.7 Å². The van der Waals surface area contributed by atoms with Crippen LogP contribution in [0.1, 0.15) is 87.0 Å². The maximum absolute atomic E-state index is 12.9. The van der Waals surface area contributed by atoms with Crippen molar-refractivity contribution >= 4 is 23.9 Å². The summed E-state index contributed by atoms with van der Waals surface area (Å²) in [6, 6.07) is 0. The number of hydrogen-bond acceptors (Lipinski definition) is 6. The van der Waals surface area contributed by atoms with Gasteiger partial charge in [0, 0.05) is 13.0 Å². The fourth-order valence-corrected chi connectivity index (χ4v) is 3.86. The molecular weight excluding hydrogens is 414 g/mol. The van der Waals surface area contributed by atoms with E-state index in [1.165, 1.54) is 7.11 Å². The number of carbonyl (C=O) groups excluding carboxylic acids is 4. The number of nitrogens with one attached hydrogen (secondary N) is 3. The first kappa shape index (κ1) is 27.7. The predicted molar refractivity (Wildman–Crippen MR) is 121 cm³/mol. The van der Waals surface area contributed by atoms with Crippen molar-refractivity contribution in [1.29, 1.82) is 0 Å². The minimum atomic E-state index is -1.19. The summed E-state index contributed by atoms with van der Waals surface area (Å²) in [6.45, 7) is 11.9. The fraction of sp³-hybridized carbons (Fsp3) is 0.826. The maximum atomic E-state index is 12.9. The Kier molecular flexibility index (Phi) is 9.12. The Morgan fingerprint density at radius 3 is 1.91 bits per heavy atom. The second kappa shape index (κ2) is 10.5. The molecule has 0 saturated heterocycles. The second-order valence-corrected chi connectivity index (χ2v) is 10.8. The molecular formula is C23H41N3O6. The third kappa shape index (κ3) is 8.67. The minimum absolute atomic E-state index is 0.188. The van der Waals surface area contributed by atoms with Gasteiger partial charge in [0.2, 0.25) is 11.8 Å². The van der Waals surface area contributed by atoms with Crippen LogP contribution in [-0.2, 0) is 23.9 Å². The Hall–Kier alpha value is -2.32. The monoisotopic (exact) mass is 455 g/mol. The molecule has 1 saturated carbocycles. The summed E-state index contributed by atoms with van der Waals surface area (Å²) in [5.74, 6) is -1.14. The number of carbonyl (C=O) groups is 4. The van der Waals surface area contributed by atoms with Crippen molar-refractivity contribution < 1.29 is 28.7 Å². The van der Waals surface area contributed by atoms with E-state index in [0.717, 1.165) is 32.1 Å². The van der Waals surface area contributed by atoms with E-state index in [1.807, 2.05) is 0 Å². The highest BCUT2D eigenvalue weighted by Crippen LogP contribution is 2.39. The molecule has 0 atom stereocenters. The maximum Gasteiger partial charge on any atom is 0.408 e. The standard InChI is InChI=1S/C23H41N3O6/c1-20(2,3)32-19(30)26-21(4,5)17(28)24-15-23(12-10-9-11-13-23)14-16(27)25-22(6,7)18(29)31-8/h9-15H2,1-8H3,(H,24,28)(H,25,27)(H,26,30). The van der Waals surface area contributed by atoms with Crippen LogP contribution in [0.3, 0.4) is 0 Å². The van der Waals surface area contributed by atoms with Gasteiger partial charge in [0.15, 0.2) is 0 Å². The van der Waals surface area contributed by atoms with E-state index in [-0.39, 0.29) is 18.2 Å². The highest BCUT2D eigenvalue weighted by molar-refractivity contribution is 5.89.